The minimum absolute atomic E-state index is 0.0951. The number of nitrogens with two attached hydrogens (primary N) is 1. The van der Waals surface area contributed by atoms with Crippen molar-refractivity contribution >= 4 is 12.2 Å². The minimum atomic E-state index is -0.349. The van der Waals surface area contributed by atoms with E-state index in [1.165, 1.54) is 35.2 Å². The van der Waals surface area contributed by atoms with Gasteiger partial charge in [-0.15, -0.1) is 10.2 Å². The topological polar surface area (TPSA) is 69.1 Å². The molecule has 5 nitrogen and oxygen atoms in total. The number of rotatable bonds is 3. The molecular weight excluding hydrogens is 288 g/mol. The number of nitrogens with zero attached hydrogens (tertiary/aromatic N) is 4. The van der Waals surface area contributed by atoms with Gasteiger partial charge in [-0.25, -0.2) is 8.78 Å². The van der Waals surface area contributed by atoms with Crippen LogP contribution in [0.2, 0.25) is 0 Å². The number of nitrogen functional groups attached to an aromatic ring is 1. The number of hydrogen-bond acceptors (Lipinski definition) is 4. The van der Waals surface area contributed by atoms with E-state index in [1.807, 2.05) is 0 Å². The van der Waals surface area contributed by atoms with Gasteiger partial charge in [0.05, 0.1) is 6.21 Å². The zero-order valence-electron chi connectivity index (χ0n) is 11.3. The lowest BCUT2D eigenvalue weighted by Crippen LogP contribution is -2.00. The molecule has 0 fully saturated rings. The summed E-state index contributed by atoms with van der Waals surface area (Å²) in [4.78, 5) is 0. The molecular formula is C15H11F2N5. The maximum absolute atomic E-state index is 13.0. The Hall–Kier alpha value is -3.09. The van der Waals surface area contributed by atoms with Crippen molar-refractivity contribution in [3.63, 3.8) is 0 Å². The molecule has 0 unspecified atom stereocenters. The lowest BCUT2D eigenvalue weighted by Gasteiger charge is -2.02. The summed E-state index contributed by atoms with van der Waals surface area (Å²) >= 11 is 0. The molecule has 0 amide bonds. The second-order valence-electron chi connectivity index (χ2n) is 4.50. The number of hydrogen-bond donors (Lipinski definition) is 1. The van der Waals surface area contributed by atoms with Gasteiger partial charge in [-0.2, -0.15) is 9.78 Å². The van der Waals surface area contributed by atoms with Gasteiger partial charge in [-0.05, 0) is 42.0 Å². The van der Waals surface area contributed by atoms with Crippen molar-refractivity contribution < 1.29 is 8.78 Å². The number of aromatic nitrogens is 3. The standard InChI is InChI=1S/C15H11F2N5/c16-12-5-1-10(2-6-12)9-19-22-14(20-21-15(22)18)11-3-7-13(17)8-4-11/h1-9H,(H2,18,21)/b19-9+. The Morgan fingerprint density at radius 3 is 2.14 bits per heavy atom. The van der Waals surface area contributed by atoms with Gasteiger partial charge in [-0.1, -0.05) is 12.1 Å². The molecule has 110 valence electrons. The van der Waals surface area contributed by atoms with E-state index in [2.05, 4.69) is 15.3 Å². The van der Waals surface area contributed by atoms with Crippen molar-refractivity contribution in [2.75, 3.05) is 5.73 Å². The summed E-state index contributed by atoms with van der Waals surface area (Å²) in [5.74, 6) is -0.195. The Kier molecular flexibility index (Phi) is 3.61. The van der Waals surface area contributed by atoms with Crippen LogP contribution < -0.4 is 5.73 Å². The smallest absolute Gasteiger partial charge is 0.243 e. The van der Waals surface area contributed by atoms with Crippen LogP contribution in [0.15, 0.2) is 53.6 Å². The molecule has 0 spiro atoms. The van der Waals surface area contributed by atoms with Crippen LogP contribution in [-0.4, -0.2) is 21.1 Å². The average molecular weight is 299 g/mol. The van der Waals surface area contributed by atoms with Crippen LogP contribution in [0.25, 0.3) is 11.4 Å². The van der Waals surface area contributed by atoms with E-state index in [0.29, 0.717) is 17.0 Å². The fourth-order valence-corrected chi connectivity index (χ4v) is 1.86. The molecule has 1 heterocycles. The van der Waals surface area contributed by atoms with Crippen molar-refractivity contribution in [3.8, 4) is 11.4 Å². The van der Waals surface area contributed by atoms with Crippen molar-refractivity contribution in [2.45, 2.75) is 0 Å². The zero-order valence-corrected chi connectivity index (χ0v) is 11.3. The van der Waals surface area contributed by atoms with Crippen molar-refractivity contribution in [3.05, 3.63) is 65.7 Å². The summed E-state index contributed by atoms with van der Waals surface area (Å²) in [6, 6.07) is 11.6. The molecule has 7 heteroatoms. The van der Waals surface area contributed by atoms with E-state index in [0.717, 1.165) is 0 Å². The van der Waals surface area contributed by atoms with Crippen LogP contribution in [0.1, 0.15) is 5.56 Å². The highest BCUT2D eigenvalue weighted by Crippen LogP contribution is 2.19. The van der Waals surface area contributed by atoms with E-state index in [-0.39, 0.29) is 17.6 Å². The summed E-state index contributed by atoms with van der Waals surface area (Å²) in [5, 5.41) is 11.9. The van der Waals surface area contributed by atoms with Crippen LogP contribution in [0.4, 0.5) is 14.7 Å². The zero-order chi connectivity index (χ0) is 15.5. The van der Waals surface area contributed by atoms with Gasteiger partial charge in [0.2, 0.25) is 5.95 Å². The first kappa shape index (κ1) is 13.9. The Morgan fingerprint density at radius 1 is 0.909 bits per heavy atom. The van der Waals surface area contributed by atoms with Crippen LogP contribution in [0.3, 0.4) is 0 Å². The predicted octanol–water partition coefficient (Wildman–Crippen LogP) is 2.69. The van der Waals surface area contributed by atoms with Crippen molar-refractivity contribution in [1.82, 2.24) is 14.9 Å². The number of halogens is 2. The van der Waals surface area contributed by atoms with Gasteiger partial charge in [0, 0.05) is 5.56 Å². The van der Waals surface area contributed by atoms with E-state index >= 15 is 0 Å². The molecule has 0 atom stereocenters. The van der Waals surface area contributed by atoms with E-state index in [9.17, 15) is 8.78 Å². The van der Waals surface area contributed by atoms with Crippen LogP contribution in [-0.2, 0) is 0 Å². The molecule has 0 bridgehead atoms. The average Bonchev–Trinajstić information content (AvgIpc) is 2.89. The molecule has 0 saturated carbocycles. The lowest BCUT2D eigenvalue weighted by molar-refractivity contribution is 0.627. The van der Waals surface area contributed by atoms with Gasteiger partial charge < -0.3 is 5.73 Å². The highest BCUT2D eigenvalue weighted by Gasteiger charge is 2.10. The molecule has 1 aromatic heterocycles. The van der Waals surface area contributed by atoms with Crippen molar-refractivity contribution in [1.29, 1.82) is 0 Å². The summed E-state index contributed by atoms with van der Waals surface area (Å²) in [6.45, 7) is 0. The third kappa shape index (κ3) is 2.83. The molecule has 0 aliphatic heterocycles. The van der Waals surface area contributed by atoms with Crippen LogP contribution >= 0.6 is 0 Å². The largest absolute Gasteiger partial charge is 0.366 e. The molecule has 2 N–H and O–H groups in total. The maximum atomic E-state index is 13.0. The van der Waals surface area contributed by atoms with Gasteiger partial charge >= 0.3 is 0 Å². The first-order chi connectivity index (χ1) is 10.6. The molecule has 0 aliphatic carbocycles. The molecule has 0 aliphatic rings. The van der Waals surface area contributed by atoms with Gasteiger partial charge in [0.25, 0.3) is 0 Å². The number of anilines is 1. The second kappa shape index (κ2) is 5.72. The Balaban J connectivity index is 1.95. The maximum Gasteiger partial charge on any atom is 0.243 e. The molecule has 0 radical (unpaired) electrons. The summed E-state index contributed by atoms with van der Waals surface area (Å²) in [7, 11) is 0. The molecule has 0 saturated heterocycles. The minimum Gasteiger partial charge on any atom is -0.366 e. The Bertz CT molecular complexity index is 807. The van der Waals surface area contributed by atoms with E-state index in [4.69, 9.17) is 5.73 Å². The summed E-state index contributed by atoms with van der Waals surface area (Å²) in [6.07, 6.45) is 1.51. The highest BCUT2D eigenvalue weighted by atomic mass is 19.1. The van der Waals surface area contributed by atoms with Crippen LogP contribution in [0, 0.1) is 11.6 Å². The first-order valence-electron chi connectivity index (χ1n) is 6.40. The van der Waals surface area contributed by atoms with Gasteiger partial charge in [0.1, 0.15) is 11.6 Å². The first-order valence-corrected chi connectivity index (χ1v) is 6.40. The Labute approximate surface area is 124 Å². The van der Waals surface area contributed by atoms with E-state index in [1.54, 1.807) is 24.3 Å². The van der Waals surface area contributed by atoms with E-state index < -0.39 is 0 Å². The molecule has 3 rings (SSSR count). The fraction of sp³-hybridized carbons (Fsp3) is 0. The number of benzene rings is 2. The van der Waals surface area contributed by atoms with Gasteiger partial charge in [0.15, 0.2) is 5.82 Å². The highest BCUT2D eigenvalue weighted by molar-refractivity contribution is 5.79. The summed E-state index contributed by atoms with van der Waals surface area (Å²) < 4.78 is 27.2. The van der Waals surface area contributed by atoms with Gasteiger partial charge in [-0.3, -0.25) is 0 Å². The predicted molar refractivity (Wildman–Crippen MR) is 79.2 cm³/mol. The van der Waals surface area contributed by atoms with Crippen molar-refractivity contribution in [2.24, 2.45) is 5.10 Å². The lowest BCUT2D eigenvalue weighted by atomic mass is 10.2. The Morgan fingerprint density at radius 2 is 1.50 bits per heavy atom. The molecule has 22 heavy (non-hydrogen) atoms. The molecule has 2 aromatic carbocycles. The second-order valence-corrected chi connectivity index (χ2v) is 4.50. The fourth-order valence-electron chi connectivity index (χ4n) is 1.86. The molecule has 3 aromatic rings. The normalized spacial score (nSPS) is 11.2. The summed E-state index contributed by atoms with van der Waals surface area (Å²) in [5.41, 5.74) is 7.06. The van der Waals surface area contributed by atoms with Crippen LogP contribution in [0.5, 0.6) is 0 Å². The quantitative estimate of drug-likeness (QED) is 0.756. The third-order valence-corrected chi connectivity index (χ3v) is 2.96. The third-order valence-electron chi connectivity index (χ3n) is 2.96. The SMILES string of the molecule is Nc1nnc(-c2ccc(F)cc2)n1/N=C/c1ccc(F)cc1. The monoisotopic (exact) mass is 299 g/mol.